The van der Waals surface area contributed by atoms with Crippen LogP contribution in [0.2, 0.25) is 0 Å². The van der Waals surface area contributed by atoms with Crippen molar-refractivity contribution in [3.8, 4) is 5.75 Å². The number of rotatable bonds is 8. The number of nitrogens with one attached hydrogen (secondary N) is 1. The topological polar surface area (TPSA) is 84.7 Å². The normalized spacial score (nSPS) is 13.4. The lowest BCUT2D eigenvalue weighted by atomic mass is 10.1. The largest absolute Gasteiger partial charge is 0.488 e. The van der Waals surface area contributed by atoms with Gasteiger partial charge in [-0.3, -0.25) is 14.5 Å². The monoisotopic (exact) mass is 435 g/mol. The van der Waals surface area contributed by atoms with E-state index in [1.807, 2.05) is 23.5 Å². The molecule has 0 saturated carbocycles. The van der Waals surface area contributed by atoms with Gasteiger partial charge >= 0.3 is 0 Å². The summed E-state index contributed by atoms with van der Waals surface area (Å²) in [6.45, 7) is 3.65. The number of carbonyl (C=O) groups excluding carboxylic acids is 2. The average molecular weight is 436 g/mol. The molecule has 1 aromatic heterocycles. The van der Waals surface area contributed by atoms with E-state index in [1.54, 1.807) is 36.4 Å². The van der Waals surface area contributed by atoms with Gasteiger partial charge < -0.3 is 15.8 Å². The summed E-state index contributed by atoms with van der Waals surface area (Å²) in [5.41, 5.74) is 8.56. The molecular formula is C24H25N3O3S. The second-order valence-electron chi connectivity index (χ2n) is 7.50. The first-order valence-electron chi connectivity index (χ1n) is 10.3. The van der Waals surface area contributed by atoms with Crippen LogP contribution in [0, 0.1) is 0 Å². The van der Waals surface area contributed by atoms with Crippen molar-refractivity contribution < 1.29 is 14.3 Å². The summed E-state index contributed by atoms with van der Waals surface area (Å²) >= 11 is 1.83. The Morgan fingerprint density at radius 2 is 2.00 bits per heavy atom. The van der Waals surface area contributed by atoms with Crippen molar-refractivity contribution in [3.05, 3.63) is 87.1 Å². The number of benzene rings is 2. The summed E-state index contributed by atoms with van der Waals surface area (Å²) in [6, 6.07) is 16.4. The molecule has 1 aliphatic heterocycles. The quantitative estimate of drug-likeness (QED) is 0.569. The fraction of sp³-hybridized carbons (Fsp3) is 0.250. The van der Waals surface area contributed by atoms with Crippen molar-refractivity contribution >= 4 is 23.2 Å². The maximum Gasteiger partial charge on any atom is 0.252 e. The number of carbonyl (C=O) groups is 2. The predicted molar refractivity (Wildman–Crippen MR) is 121 cm³/mol. The Morgan fingerprint density at radius 3 is 2.87 bits per heavy atom. The van der Waals surface area contributed by atoms with Gasteiger partial charge in [0, 0.05) is 36.6 Å². The molecule has 3 aromatic rings. The molecule has 4 rings (SSSR count). The summed E-state index contributed by atoms with van der Waals surface area (Å²) in [4.78, 5) is 28.0. The van der Waals surface area contributed by atoms with Crippen molar-refractivity contribution in [1.29, 1.82) is 0 Å². The lowest BCUT2D eigenvalue weighted by Crippen LogP contribution is -2.37. The zero-order chi connectivity index (χ0) is 21.6. The molecule has 0 atom stereocenters. The molecule has 31 heavy (non-hydrogen) atoms. The van der Waals surface area contributed by atoms with E-state index >= 15 is 0 Å². The molecule has 2 aromatic carbocycles. The molecule has 6 nitrogen and oxygen atoms in total. The highest BCUT2D eigenvalue weighted by atomic mass is 32.1. The van der Waals surface area contributed by atoms with E-state index in [4.69, 9.17) is 10.5 Å². The van der Waals surface area contributed by atoms with Gasteiger partial charge in [0.25, 0.3) is 11.8 Å². The Kier molecular flexibility index (Phi) is 6.64. The molecule has 0 bridgehead atoms. The lowest BCUT2D eigenvalue weighted by Gasteiger charge is -2.26. The number of thiophene rings is 1. The number of fused-ring (bicyclic) bond motifs is 1. The standard InChI is InChI=1S/C24H25N3O3S/c25-23(28)20-6-1-2-7-21(20)30-16-17-4-3-5-18(14-17)24(29)26-10-12-27-11-8-22-19(15-27)9-13-31-22/h1-7,9,13-14H,8,10-12,15-16H2,(H2,25,28)(H,26,29). The maximum absolute atomic E-state index is 12.6. The van der Waals surface area contributed by atoms with Gasteiger partial charge in [-0.25, -0.2) is 0 Å². The van der Waals surface area contributed by atoms with E-state index in [1.165, 1.54) is 10.4 Å². The van der Waals surface area contributed by atoms with E-state index < -0.39 is 5.91 Å². The van der Waals surface area contributed by atoms with Crippen molar-refractivity contribution in [2.24, 2.45) is 5.73 Å². The molecule has 2 amide bonds. The van der Waals surface area contributed by atoms with Crippen molar-refractivity contribution in [3.63, 3.8) is 0 Å². The average Bonchev–Trinajstić information content (AvgIpc) is 3.26. The van der Waals surface area contributed by atoms with Crippen LogP contribution in [0.15, 0.2) is 60.0 Å². The fourth-order valence-electron chi connectivity index (χ4n) is 3.69. The molecule has 0 saturated heterocycles. The number of nitrogens with two attached hydrogens (primary N) is 1. The van der Waals surface area contributed by atoms with Crippen molar-refractivity contribution in [2.75, 3.05) is 19.6 Å². The van der Waals surface area contributed by atoms with Crippen LogP contribution in [0.3, 0.4) is 0 Å². The zero-order valence-electron chi connectivity index (χ0n) is 17.2. The van der Waals surface area contributed by atoms with Crippen LogP contribution in [0.5, 0.6) is 5.75 Å². The lowest BCUT2D eigenvalue weighted by molar-refractivity contribution is 0.0946. The highest BCUT2D eigenvalue weighted by Gasteiger charge is 2.17. The molecule has 0 radical (unpaired) electrons. The van der Waals surface area contributed by atoms with Crippen LogP contribution in [0.25, 0.3) is 0 Å². The number of hydrogen-bond donors (Lipinski definition) is 2. The Morgan fingerprint density at radius 1 is 1.13 bits per heavy atom. The molecule has 0 unspecified atom stereocenters. The van der Waals surface area contributed by atoms with E-state index in [0.717, 1.165) is 31.6 Å². The minimum Gasteiger partial charge on any atom is -0.488 e. The Bertz CT molecular complexity index is 1080. The number of primary amides is 1. The summed E-state index contributed by atoms with van der Waals surface area (Å²) in [7, 11) is 0. The summed E-state index contributed by atoms with van der Waals surface area (Å²) in [5, 5.41) is 5.16. The summed E-state index contributed by atoms with van der Waals surface area (Å²) in [6.07, 6.45) is 1.09. The molecule has 3 N–H and O–H groups in total. The van der Waals surface area contributed by atoms with Gasteiger partial charge in [0.1, 0.15) is 12.4 Å². The van der Waals surface area contributed by atoms with Gasteiger partial charge in [-0.05, 0) is 53.3 Å². The minimum atomic E-state index is -0.535. The smallest absolute Gasteiger partial charge is 0.252 e. The van der Waals surface area contributed by atoms with Crippen LogP contribution >= 0.6 is 11.3 Å². The number of para-hydroxylation sites is 1. The van der Waals surface area contributed by atoms with Crippen LogP contribution in [0.4, 0.5) is 0 Å². The fourth-order valence-corrected chi connectivity index (χ4v) is 4.58. The SMILES string of the molecule is NC(=O)c1ccccc1OCc1cccc(C(=O)NCCN2CCc3sccc3C2)c1. The third-order valence-corrected chi connectivity index (χ3v) is 6.36. The third-order valence-electron chi connectivity index (χ3n) is 5.34. The van der Waals surface area contributed by atoms with E-state index in [-0.39, 0.29) is 12.5 Å². The first-order chi connectivity index (χ1) is 15.1. The predicted octanol–water partition coefficient (Wildman–Crippen LogP) is 3.21. The Balaban J connectivity index is 1.29. The Hall–Kier alpha value is -3.16. The first kappa shape index (κ1) is 21.1. The Labute approximate surface area is 185 Å². The van der Waals surface area contributed by atoms with Crippen LogP contribution in [0.1, 0.15) is 36.7 Å². The van der Waals surface area contributed by atoms with Crippen molar-refractivity contribution in [1.82, 2.24) is 10.2 Å². The van der Waals surface area contributed by atoms with Crippen LogP contribution in [-0.2, 0) is 19.6 Å². The first-order valence-corrected chi connectivity index (χ1v) is 11.1. The molecule has 0 aliphatic carbocycles. The van der Waals surface area contributed by atoms with Crippen LogP contribution in [-0.4, -0.2) is 36.3 Å². The number of nitrogens with zero attached hydrogens (tertiary/aromatic N) is 1. The van der Waals surface area contributed by atoms with Gasteiger partial charge in [-0.1, -0.05) is 24.3 Å². The van der Waals surface area contributed by atoms with Crippen LogP contribution < -0.4 is 15.8 Å². The summed E-state index contributed by atoms with van der Waals surface area (Å²) in [5.74, 6) is -0.208. The molecule has 2 heterocycles. The third kappa shape index (κ3) is 5.31. The molecule has 7 heteroatoms. The molecule has 160 valence electrons. The molecule has 0 fully saturated rings. The minimum absolute atomic E-state index is 0.104. The van der Waals surface area contributed by atoms with E-state index in [0.29, 0.717) is 23.4 Å². The van der Waals surface area contributed by atoms with Crippen molar-refractivity contribution in [2.45, 2.75) is 19.6 Å². The number of hydrogen-bond acceptors (Lipinski definition) is 5. The van der Waals surface area contributed by atoms with Gasteiger partial charge in [0.05, 0.1) is 5.56 Å². The highest BCUT2D eigenvalue weighted by molar-refractivity contribution is 7.10. The zero-order valence-corrected chi connectivity index (χ0v) is 18.0. The maximum atomic E-state index is 12.6. The molecule has 1 aliphatic rings. The van der Waals surface area contributed by atoms with E-state index in [9.17, 15) is 9.59 Å². The second kappa shape index (κ2) is 9.76. The molecular weight excluding hydrogens is 410 g/mol. The number of amides is 2. The highest BCUT2D eigenvalue weighted by Crippen LogP contribution is 2.23. The van der Waals surface area contributed by atoms with Gasteiger partial charge in [0.15, 0.2) is 0 Å². The van der Waals surface area contributed by atoms with Gasteiger partial charge in [0.2, 0.25) is 0 Å². The van der Waals surface area contributed by atoms with Gasteiger partial charge in [-0.2, -0.15) is 0 Å². The number of ether oxygens (including phenoxy) is 1. The summed E-state index contributed by atoms with van der Waals surface area (Å²) < 4.78 is 5.76. The van der Waals surface area contributed by atoms with E-state index in [2.05, 4.69) is 21.7 Å². The second-order valence-corrected chi connectivity index (χ2v) is 8.50. The molecule has 0 spiro atoms. The van der Waals surface area contributed by atoms with Gasteiger partial charge in [-0.15, -0.1) is 11.3 Å².